The van der Waals surface area contributed by atoms with Gasteiger partial charge in [-0.15, -0.1) is 0 Å². The van der Waals surface area contributed by atoms with Crippen LogP contribution in [0.5, 0.6) is 0 Å². The van der Waals surface area contributed by atoms with Crippen molar-refractivity contribution in [3.8, 4) is 0 Å². The summed E-state index contributed by atoms with van der Waals surface area (Å²) in [4.78, 5) is 39.4. The third-order valence-corrected chi connectivity index (χ3v) is 6.31. The second-order valence-corrected chi connectivity index (χ2v) is 9.07. The van der Waals surface area contributed by atoms with E-state index in [0.717, 1.165) is 31.4 Å². The molecule has 1 aliphatic rings. The van der Waals surface area contributed by atoms with Crippen LogP contribution < -0.4 is 10.2 Å². The molecule has 1 N–H and O–H groups in total. The monoisotopic (exact) mass is 513 g/mol. The fraction of sp³-hybridized carbons (Fsp3) is 0.0741. The van der Waals surface area contributed by atoms with Crippen molar-refractivity contribution in [3.63, 3.8) is 0 Å². The minimum absolute atomic E-state index is 0.0965. The van der Waals surface area contributed by atoms with Crippen LogP contribution in [0.1, 0.15) is 16.7 Å². The number of halogens is 1. The lowest BCUT2D eigenvalue weighted by Gasteiger charge is -2.26. The van der Waals surface area contributed by atoms with Gasteiger partial charge in [-0.25, -0.2) is 9.69 Å². The van der Waals surface area contributed by atoms with Gasteiger partial charge in [0.05, 0.1) is 5.69 Å². The highest BCUT2D eigenvalue weighted by Crippen LogP contribution is 2.28. The smallest absolute Gasteiger partial charge is 0.335 e. The molecule has 0 radical (unpaired) electrons. The number of imide groups is 2. The number of aryl methyl sites for hydroxylation is 1. The Hall–Kier alpha value is -3.97. The molecule has 0 spiro atoms. The highest BCUT2D eigenvalue weighted by Gasteiger charge is 2.37. The van der Waals surface area contributed by atoms with Crippen LogP contribution in [0.3, 0.4) is 0 Å². The van der Waals surface area contributed by atoms with Crippen LogP contribution in [0.15, 0.2) is 89.0 Å². The second-order valence-electron chi connectivity index (χ2n) is 8.15. The molecule has 1 aliphatic heterocycles. The van der Waals surface area contributed by atoms with E-state index in [1.54, 1.807) is 30.3 Å². The van der Waals surface area contributed by atoms with Crippen LogP contribution in [-0.4, -0.2) is 22.4 Å². The summed E-state index contributed by atoms with van der Waals surface area (Å²) in [5.74, 6) is -1.37. The number of urea groups is 1. The number of para-hydroxylation sites is 1. The number of benzene rings is 3. The van der Waals surface area contributed by atoms with E-state index in [1.807, 2.05) is 37.4 Å². The maximum absolute atomic E-state index is 13.3. The molecule has 34 heavy (non-hydrogen) atoms. The molecule has 3 aromatic carbocycles. The number of nitrogens with zero attached hydrogens (tertiary/aromatic N) is 2. The van der Waals surface area contributed by atoms with Crippen molar-refractivity contribution in [3.05, 3.63) is 106 Å². The van der Waals surface area contributed by atoms with E-state index >= 15 is 0 Å². The fourth-order valence-electron chi connectivity index (χ4n) is 4.05. The third kappa shape index (κ3) is 4.06. The van der Waals surface area contributed by atoms with Crippen LogP contribution >= 0.6 is 15.9 Å². The van der Waals surface area contributed by atoms with Gasteiger partial charge < -0.3 is 4.57 Å². The summed E-state index contributed by atoms with van der Waals surface area (Å²) < 4.78 is 2.91. The average molecular weight is 514 g/mol. The average Bonchev–Trinajstić information content (AvgIpc) is 3.16. The summed E-state index contributed by atoms with van der Waals surface area (Å²) in [6, 6.07) is 22.1. The van der Waals surface area contributed by atoms with Gasteiger partial charge in [-0.3, -0.25) is 14.9 Å². The van der Waals surface area contributed by atoms with Gasteiger partial charge in [-0.05, 0) is 48.9 Å². The molecule has 4 aromatic rings. The molecule has 0 aliphatic carbocycles. The maximum Gasteiger partial charge on any atom is 0.335 e. The Labute approximate surface area is 204 Å². The molecule has 168 valence electrons. The standard InChI is InChI=1S/C27H20BrN3O3/c1-17-6-8-18(9-7-17)15-30-16-19(22-4-2-3-5-24(22)30)14-23-25(32)29-27(34)31(26(23)33)21-12-10-20(28)11-13-21/h2-14,16H,15H2,1H3,(H,29,32,34). The number of anilines is 1. The van der Waals surface area contributed by atoms with Gasteiger partial charge in [0.15, 0.2) is 0 Å². The number of carbonyl (C=O) groups excluding carboxylic acids is 3. The van der Waals surface area contributed by atoms with E-state index in [2.05, 4.69) is 50.1 Å². The number of amides is 4. The second kappa shape index (κ2) is 8.76. The number of carbonyl (C=O) groups is 3. The van der Waals surface area contributed by atoms with Gasteiger partial charge in [0.1, 0.15) is 5.57 Å². The minimum Gasteiger partial charge on any atom is -0.342 e. The van der Waals surface area contributed by atoms with Crippen molar-refractivity contribution in [2.75, 3.05) is 4.90 Å². The summed E-state index contributed by atoms with van der Waals surface area (Å²) in [6.07, 6.45) is 3.49. The van der Waals surface area contributed by atoms with Gasteiger partial charge in [-0.1, -0.05) is 64.0 Å². The number of hydrogen-bond acceptors (Lipinski definition) is 3. The van der Waals surface area contributed by atoms with Crippen molar-refractivity contribution in [2.45, 2.75) is 13.5 Å². The Morgan fingerprint density at radius 3 is 2.35 bits per heavy atom. The maximum atomic E-state index is 13.3. The predicted molar refractivity (Wildman–Crippen MR) is 135 cm³/mol. The van der Waals surface area contributed by atoms with Gasteiger partial charge in [0, 0.05) is 33.7 Å². The Kier molecular flexibility index (Phi) is 5.63. The molecule has 1 aromatic heterocycles. The molecule has 0 saturated carbocycles. The first-order valence-electron chi connectivity index (χ1n) is 10.7. The molecule has 0 unspecified atom stereocenters. The zero-order valence-electron chi connectivity index (χ0n) is 18.3. The van der Waals surface area contributed by atoms with E-state index in [4.69, 9.17) is 0 Å². The number of fused-ring (bicyclic) bond motifs is 1. The SMILES string of the molecule is Cc1ccc(Cn2cc(C=C3C(=O)NC(=O)N(c4ccc(Br)cc4)C3=O)c3ccccc32)cc1. The molecule has 0 bridgehead atoms. The summed E-state index contributed by atoms with van der Waals surface area (Å²) in [5.41, 5.74) is 4.33. The van der Waals surface area contributed by atoms with E-state index in [-0.39, 0.29) is 5.57 Å². The van der Waals surface area contributed by atoms with E-state index in [9.17, 15) is 14.4 Å². The van der Waals surface area contributed by atoms with E-state index in [0.29, 0.717) is 12.2 Å². The Balaban J connectivity index is 1.56. The van der Waals surface area contributed by atoms with Gasteiger partial charge in [-0.2, -0.15) is 0 Å². The van der Waals surface area contributed by atoms with Crippen LogP contribution in [0.2, 0.25) is 0 Å². The quantitative estimate of drug-likeness (QED) is 0.292. The molecule has 2 heterocycles. The predicted octanol–water partition coefficient (Wildman–Crippen LogP) is 5.43. The molecule has 7 heteroatoms. The van der Waals surface area contributed by atoms with Gasteiger partial charge >= 0.3 is 6.03 Å². The topological polar surface area (TPSA) is 71.4 Å². The van der Waals surface area contributed by atoms with Crippen LogP contribution in [0.25, 0.3) is 17.0 Å². The highest BCUT2D eigenvalue weighted by molar-refractivity contribution is 9.10. The third-order valence-electron chi connectivity index (χ3n) is 5.78. The lowest BCUT2D eigenvalue weighted by Crippen LogP contribution is -2.54. The highest BCUT2D eigenvalue weighted by atomic mass is 79.9. The molecule has 5 rings (SSSR count). The summed E-state index contributed by atoms with van der Waals surface area (Å²) in [7, 11) is 0. The molecular weight excluding hydrogens is 494 g/mol. The molecule has 0 atom stereocenters. The summed E-state index contributed by atoms with van der Waals surface area (Å²) >= 11 is 3.35. The van der Waals surface area contributed by atoms with E-state index < -0.39 is 17.8 Å². The van der Waals surface area contributed by atoms with Crippen molar-refractivity contribution >= 4 is 56.4 Å². The summed E-state index contributed by atoms with van der Waals surface area (Å²) in [6.45, 7) is 2.70. The zero-order valence-corrected chi connectivity index (χ0v) is 19.9. The zero-order chi connectivity index (χ0) is 23.8. The number of rotatable bonds is 4. The molecule has 6 nitrogen and oxygen atoms in total. The normalized spacial score (nSPS) is 15.3. The number of aromatic nitrogens is 1. The van der Waals surface area contributed by atoms with Gasteiger partial charge in [0.25, 0.3) is 11.8 Å². The number of hydrogen-bond donors (Lipinski definition) is 1. The number of nitrogens with one attached hydrogen (secondary N) is 1. The molecule has 1 saturated heterocycles. The first kappa shape index (κ1) is 21.9. The van der Waals surface area contributed by atoms with Gasteiger partial charge in [0.2, 0.25) is 0 Å². The lowest BCUT2D eigenvalue weighted by molar-refractivity contribution is -0.122. The molecular formula is C27H20BrN3O3. The summed E-state index contributed by atoms with van der Waals surface area (Å²) in [5, 5.41) is 3.20. The number of barbiturate groups is 1. The molecule has 1 fully saturated rings. The van der Waals surface area contributed by atoms with E-state index in [1.165, 1.54) is 5.56 Å². The van der Waals surface area contributed by atoms with Crippen molar-refractivity contribution in [1.82, 2.24) is 9.88 Å². The Bertz CT molecular complexity index is 1470. The first-order chi connectivity index (χ1) is 16.4. The van der Waals surface area contributed by atoms with Crippen LogP contribution in [0.4, 0.5) is 10.5 Å². The largest absolute Gasteiger partial charge is 0.342 e. The van der Waals surface area contributed by atoms with Crippen LogP contribution in [0, 0.1) is 6.92 Å². The molecule has 4 amide bonds. The van der Waals surface area contributed by atoms with Crippen molar-refractivity contribution in [2.24, 2.45) is 0 Å². The fourth-order valence-corrected chi connectivity index (χ4v) is 4.31. The van der Waals surface area contributed by atoms with Crippen molar-refractivity contribution < 1.29 is 14.4 Å². The minimum atomic E-state index is -0.767. The lowest BCUT2D eigenvalue weighted by atomic mass is 10.1. The van der Waals surface area contributed by atoms with Crippen molar-refractivity contribution in [1.29, 1.82) is 0 Å². The Morgan fingerprint density at radius 1 is 0.912 bits per heavy atom. The first-order valence-corrected chi connectivity index (χ1v) is 11.5. The Morgan fingerprint density at radius 2 is 1.62 bits per heavy atom. The van der Waals surface area contributed by atoms with Crippen LogP contribution in [-0.2, 0) is 16.1 Å².